The van der Waals surface area contributed by atoms with Crippen LogP contribution in [-0.4, -0.2) is 44.5 Å². The van der Waals surface area contributed by atoms with E-state index >= 15 is 0 Å². The number of rotatable bonds is 5. The van der Waals surface area contributed by atoms with Crippen molar-refractivity contribution in [3.05, 3.63) is 60.6 Å². The molecule has 6 heteroatoms. The Hall–Kier alpha value is -2.73. The minimum absolute atomic E-state index is 0.106. The molecular formula is C21H25N5O. The number of benzene rings is 1. The molecule has 1 aliphatic heterocycles. The van der Waals surface area contributed by atoms with Crippen molar-refractivity contribution in [2.24, 2.45) is 0 Å². The molecule has 0 radical (unpaired) electrons. The van der Waals surface area contributed by atoms with Gasteiger partial charge in [-0.2, -0.15) is 0 Å². The van der Waals surface area contributed by atoms with Gasteiger partial charge >= 0.3 is 0 Å². The van der Waals surface area contributed by atoms with Crippen molar-refractivity contribution < 1.29 is 4.79 Å². The second-order valence-corrected chi connectivity index (χ2v) is 7.31. The molecule has 3 heterocycles. The van der Waals surface area contributed by atoms with Gasteiger partial charge in [0, 0.05) is 17.9 Å². The van der Waals surface area contributed by atoms with Crippen LogP contribution in [0.25, 0.3) is 5.65 Å². The average molecular weight is 363 g/mol. The van der Waals surface area contributed by atoms with Crippen LogP contribution in [0.15, 0.2) is 54.7 Å². The molecule has 0 aliphatic carbocycles. The van der Waals surface area contributed by atoms with Gasteiger partial charge in [-0.1, -0.05) is 24.3 Å². The SMILES string of the molecule is CC(C)N(C(=O)CN1CCCC1c1nnc2ccccn12)c1ccccc1. The average Bonchev–Trinajstić information content (AvgIpc) is 3.28. The predicted octanol–water partition coefficient (Wildman–Crippen LogP) is 3.31. The van der Waals surface area contributed by atoms with Gasteiger partial charge in [0.2, 0.25) is 5.91 Å². The molecular weight excluding hydrogens is 338 g/mol. The number of hydrogen-bond acceptors (Lipinski definition) is 4. The number of likely N-dealkylation sites (tertiary alicyclic amines) is 1. The summed E-state index contributed by atoms with van der Waals surface area (Å²) in [6.07, 6.45) is 4.05. The van der Waals surface area contributed by atoms with Gasteiger partial charge in [-0.25, -0.2) is 0 Å². The maximum atomic E-state index is 13.2. The molecule has 1 unspecified atom stereocenters. The molecule has 1 aliphatic rings. The zero-order valence-corrected chi connectivity index (χ0v) is 15.8. The molecule has 4 rings (SSSR count). The first-order valence-electron chi connectivity index (χ1n) is 9.56. The van der Waals surface area contributed by atoms with Crippen molar-refractivity contribution in [2.75, 3.05) is 18.0 Å². The maximum absolute atomic E-state index is 13.2. The second-order valence-electron chi connectivity index (χ2n) is 7.31. The number of fused-ring (bicyclic) bond motifs is 1. The van der Waals surface area contributed by atoms with Crippen molar-refractivity contribution >= 4 is 17.2 Å². The highest BCUT2D eigenvalue weighted by molar-refractivity contribution is 5.95. The summed E-state index contributed by atoms with van der Waals surface area (Å²) in [5.74, 6) is 1.05. The molecule has 0 saturated carbocycles. The maximum Gasteiger partial charge on any atom is 0.241 e. The number of carbonyl (C=O) groups is 1. The summed E-state index contributed by atoms with van der Waals surface area (Å²) in [6.45, 7) is 5.40. The lowest BCUT2D eigenvalue weighted by molar-refractivity contribution is -0.120. The van der Waals surface area contributed by atoms with Gasteiger partial charge in [-0.3, -0.25) is 14.1 Å². The van der Waals surface area contributed by atoms with Gasteiger partial charge < -0.3 is 4.90 Å². The lowest BCUT2D eigenvalue weighted by Crippen LogP contribution is -2.44. The number of hydrogen-bond donors (Lipinski definition) is 0. The summed E-state index contributed by atoms with van der Waals surface area (Å²) in [7, 11) is 0. The van der Waals surface area contributed by atoms with E-state index in [1.165, 1.54) is 0 Å². The monoisotopic (exact) mass is 363 g/mol. The Labute approximate surface area is 159 Å². The second kappa shape index (κ2) is 7.48. The Morgan fingerprint density at radius 3 is 2.70 bits per heavy atom. The van der Waals surface area contributed by atoms with E-state index in [9.17, 15) is 4.79 Å². The van der Waals surface area contributed by atoms with E-state index in [1.54, 1.807) is 0 Å². The fourth-order valence-electron chi connectivity index (χ4n) is 3.96. The molecule has 27 heavy (non-hydrogen) atoms. The van der Waals surface area contributed by atoms with E-state index in [2.05, 4.69) is 28.9 Å². The Kier molecular flexibility index (Phi) is 4.90. The third-order valence-corrected chi connectivity index (χ3v) is 5.16. The molecule has 0 spiro atoms. The summed E-state index contributed by atoms with van der Waals surface area (Å²) < 4.78 is 2.03. The fraction of sp³-hybridized carbons (Fsp3) is 0.381. The number of pyridine rings is 1. The molecule has 0 N–H and O–H groups in total. The highest BCUT2D eigenvalue weighted by Gasteiger charge is 2.32. The number of para-hydroxylation sites is 1. The summed E-state index contributed by atoms with van der Waals surface area (Å²) in [4.78, 5) is 17.3. The third kappa shape index (κ3) is 3.45. The number of amides is 1. The van der Waals surface area contributed by atoms with Crippen LogP contribution in [0.3, 0.4) is 0 Å². The van der Waals surface area contributed by atoms with E-state index in [0.717, 1.165) is 36.5 Å². The molecule has 2 aromatic heterocycles. The largest absolute Gasteiger partial charge is 0.309 e. The smallest absolute Gasteiger partial charge is 0.241 e. The highest BCUT2D eigenvalue weighted by atomic mass is 16.2. The first kappa shape index (κ1) is 17.7. The van der Waals surface area contributed by atoms with Crippen LogP contribution in [0.4, 0.5) is 5.69 Å². The van der Waals surface area contributed by atoms with Crippen molar-refractivity contribution in [3.63, 3.8) is 0 Å². The van der Waals surface area contributed by atoms with Gasteiger partial charge in [0.15, 0.2) is 11.5 Å². The van der Waals surface area contributed by atoms with Crippen molar-refractivity contribution in [3.8, 4) is 0 Å². The Morgan fingerprint density at radius 1 is 1.15 bits per heavy atom. The molecule has 3 aromatic rings. The molecule has 1 atom stereocenters. The minimum Gasteiger partial charge on any atom is -0.309 e. The first-order valence-corrected chi connectivity index (χ1v) is 9.56. The lowest BCUT2D eigenvalue weighted by Gasteiger charge is -2.30. The zero-order valence-electron chi connectivity index (χ0n) is 15.8. The minimum atomic E-state index is 0.106. The molecule has 1 amide bonds. The van der Waals surface area contributed by atoms with Gasteiger partial charge in [-0.15, -0.1) is 10.2 Å². The molecule has 6 nitrogen and oxygen atoms in total. The number of nitrogens with zero attached hydrogens (tertiary/aromatic N) is 5. The van der Waals surface area contributed by atoms with Crippen molar-refractivity contribution in [1.82, 2.24) is 19.5 Å². The van der Waals surface area contributed by atoms with Gasteiger partial charge in [0.1, 0.15) is 0 Å². The number of aromatic nitrogens is 3. The highest BCUT2D eigenvalue weighted by Crippen LogP contribution is 2.31. The lowest BCUT2D eigenvalue weighted by atomic mass is 10.2. The van der Waals surface area contributed by atoms with Gasteiger partial charge in [0.25, 0.3) is 0 Å². The normalized spacial score (nSPS) is 17.7. The van der Waals surface area contributed by atoms with Crippen LogP contribution in [0, 0.1) is 0 Å². The van der Waals surface area contributed by atoms with Gasteiger partial charge in [0.05, 0.1) is 12.6 Å². The summed E-state index contributed by atoms with van der Waals surface area (Å²) in [5.41, 5.74) is 1.79. The van der Waals surface area contributed by atoms with Crippen LogP contribution >= 0.6 is 0 Å². The van der Waals surface area contributed by atoms with Crippen LogP contribution in [0.2, 0.25) is 0 Å². The van der Waals surface area contributed by atoms with Gasteiger partial charge in [-0.05, 0) is 57.5 Å². The molecule has 0 bridgehead atoms. The molecule has 1 fully saturated rings. The predicted molar refractivity (Wildman–Crippen MR) is 106 cm³/mol. The third-order valence-electron chi connectivity index (χ3n) is 5.16. The van der Waals surface area contributed by atoms with E-state index in [0.29, 0.717) is 6.54 Å². The van der Waals surface area contributed by atoms with E-state index in [4.69, 9.17) is 0 Å². The summed E-state index contributed by atoms with van der Waals surface area (Å²) >= 11 is 0. The quantitative estimate of drug-likeness (QED) is 0.698. The summed E-state index contributed by atoms with van der Waals surface area (Å²) in [6, 6.07) is 16.0. The zero-order chi connectivity index (χ0) is 18.8. The topological polar surface area (TPSA) is 53.7 Å². The van der Waals surface area contributed by atoms with Crippen LogP contribution in [-0.2, 0) is 4.79 Å². The van der Waals surface area contributed by atoms with Crippen LogP contribution in [0.5, 0.6) is 0 Å². The van der Waals surface area contributed by atoms with Crippen LogP contribution < -0.4 is 4.90 Å². The van der Waals surface area contributed by atoms with Crippen molar-refractivity contribution in [1.29, 1.82) is 0 Å². The van der Waals surface area contributed by atoms with E-state index < -0.39 is 0 Å². The first-order chi connectivity index (χ1) is 13.1. The molecule has 1 saturated heterocycles. The Balaban J connectivity index is 1.56. The molecule has 1 aromatic carbocycles. The Bertz CT molecular complexity index is 920. The standard InChI is InChI=1S/C21H25N5O/c1-16(2)26(17-9-4-3-5-10-17)20(27)15-24-13-8-11-18(24)21-23-22-19-12-6-7-14-25(19)21/h3-7,9-10,12,14,16,18H,8,11,13,15H2,1-2H3. The number of carbonyl (C=O) groups excluding carboxylic acids is 1. The van der Waals surface area contributed by atoms with Crippen molar-refractivity contribution in [2.45, 2.75) is 38.8 Å². The van der Waals surface area contributed by atoms with Crippen LogP contribution in [0.1, 0.15) is 38.6 Å². The molecule has 140 valence electrons. The van der Waals surface area contributed by atoms with E-state index in [-0.39, 0.29) is 18.0 Å². The number of anilines is 1. The fourth-order valence-corrected chi connectivity index (χ4v) is 3.96. The van der Waals surface area contributed by atoms with E-state index in [1.807, 2.05) is 64.0 Å². The summed E-state index contributed by atoms with van der Waals surface area (Å²) in [5, 5.41) is 8.70. The Morgan fingerprint density at radius 2 is 1.93 bits per heavy atom.